The summed E-state index contributed by atoms with van der Waals surface area (Å²) in [5.74, 6) is 0. The molecule has 0 N–H and O–H groups in total. The number of rotatable bonds is 1. The van der Waals surface area contributed by atoms with Gasteiger partial charge in [0.1, 0.15) is 10.9 Å². The Bertz CT molecular complexity index is 200. The predicted octanol–water partition coefficient (Wildman–Crippen LogP) is 1.80. The molecule has 0 aliphatic carbocycles. The molecule has 1 aromatic rings. The van der Waals surface area contributed by atoms with Crippen LogP contribution in [0.25, 0.3) is 0 Å². The third-order valence-corrected chi connectivity index (χ3v) is 1.49. The molecule has 0 saturated carbocycles. The molecule has 1 aromatic heterocycles. The third-order valence-electron chi connectivity index (χ3n) is 1.05. The molecule has 9 heavy (non-hydrogen) atoms. The second kappa shape index (κ2) is 2.92. The van der Waals surface area contributed by atoms with E-state index in [0.29, 0.717) is 0 Å². The van der Waals surface area contributed by atoms with Crippen molar-refractivity contribution in [3.63, 3.8) is 0 Å². The van der Waals surface area contributed by atoms with Crippen molar-refractivity contribution in [2.75, 3.05) is 0 Å². The van der Waals surface area contributed by atoms with E-state index in [-0.39, 0.29) is 0 Å². The SMILES string of the molecule is CCc1cc(Br)ncn1. The zero-order valence-corrected chi connectivity index (χ0v) is 6.72. The summed E-state index contributed by atoms with van der Waals surface area (Å²) in [6.45, 7) is 2.06. The first kappa shape index (κ1) is 6.68. The second-order valence-electron chi connectivity index (χ2n) is 1.69. The Morgan fingerprint density at radius 3 is 2.78 bits per heavy atom. The average Bonchev–Trinajstić information content (AvgIpc) is 1.88. The highest BCUT2D eigenvalue weighted by Gasteiger charge is 1.90. The van der Waals surface area contributed by atoms with Crippen LogP contribution in [0.4, 0.5) is 0 Å². The number of halogens is 1. The lowest BCUT2D eigenvalue weighted by atomic mass is 10.3. The summed E-state index contributed by atoms with van der Waals surface area (Å²) in [5.41, 5.74) is 1.07. The maximum absolute atomic E-state index is 4.02. The van der Waals surface area contributed by atoms with Gasteiger partial charge in [0.15, 0.2) is 0 Å². The van der Waals surface area contributed by atoms with Gasteiger partial charge in [-0.15, -0.1) is 0 Å². The van der Waals surface area contributed by atoms with Crippen molar-refractivity contribution in [2.45, 2.75) is 13.3 Å². The van der Waals surface area contributed by atoms with E-state index in [4.69, 9.17) is 0 Å². The minimum atomic E-state index is 0.856. The van der Waals surface area contributed by atoms with Crippen molar-refractivity contribution in [2.24, 2.45) is 0 Å². The van der Waals surface area contributed by atoms with Crippen molar-refractivity contribution in [1.29, 1.82) is 0 Å². The van der Waals surface area contributed by atoms with Crippen molar-refractivity contribution in [3.8, 4) is 0 Å². The number of aryl methyl sites for hydroxylation is 1. The highest BCUT2D eigenvalue weighted by atomic mass is 79.9. The van der Waals surface area contributed by atoms with E-state index >= 15 is 0 Å². The summed E-state index contributed by atoms with van der Waals surface area (Å²) >= 11 is 3.25. The minimum absolute atomic E-state index is 0.856. The molecule has 2 nitrogen and oxygen atoms in total. The molecule has 3 heteroatoms. The van der Waals surface area contributed by atoms with Crippen LogP contribution in [0.2, 0.25) is 0 Å². The van der Waals surface area contributed by atoms with Gasteiger partial charge in [-0.25, -0.2) is 9.97 Å². The summed E-state index contributed by atoms with van der Waals surface area (Å²) in [4.78, 5) is 7.91. The lowest BCUT2D eigenvalue weighted by Gasteiger charge is -1.92. The Hall–Kier alpha value is -0.440. The van der Waals surface area contributed by atoms with E-state index in [1.165, 1.54) is 0 Å². The van der Waals surface area contributed by atoms with Gasteiger partial charge in [-0.1, -0.05) is 6.92 Å². The van der Waals surface area contributed by atoms with Gasteiger partial charge in [-0.3, -0.25) is 0 Å². The number of nitrogens with zero attached hydrogens (tertiary/aromatic N) is 2. The molecule has 0 spiro atoms. The monoisotopic (exact) mass is 186 g/mol. The van der Waals surface area contributed by atoms with Gasteiger partial charge < -0.3 is 0 Å². The molecule has 0 saturated heterocycles. The first-order valence-electron chi connectivity index (χ1n) is 2.79. The number of aromatic nitrogens is 2. The van der Waals surface area contributed by atoms with Crippen molar-refractivity contribution >= 4 is 15.9 Å². The Balaban J connectivity index is 2.94. The van der Waals surface area contributed by atoms with Crippen LogP contribution in [-0.4, -0.2) is 9.97 Å². The van der Waals surface area contributed by atoms with Crippen LogP contribution < -0.4 is 0 Å². The van der Waals surface area contributed by atoms with Gasteiger partial charge in [0.25, 0.3) is 0 Å². The smallest absolute Gasteiger partial charge is 0.116 e. The molecule has 0 aliphatic heterocycles. The van der Waals surface area contributed by atoms with Crippen LogP contribution >= 0.6 is 15.9 Å². The number of hydrogen-bond acceptors (Lipinski definition) is 2. The van der Waals surface area contributed by atoms with Crippen LogP contribution in [-0.2, 0) is 6.42 Å². The van der Waals surface area contributed by atoms with Crippen molar-refractivity contribution in [3.05, 3.63) is 22.7 Å². The van der Waals surface area contributed by atoms with E-state index in [2.05, 4.69) is 32.8 Å². The standard InChI is InChI=1S/C6H7BrN2/c1-2-5-3-6(7)9-4-8-5/h3-4H,2H2,1H3. The first-order valence-corrected chi connectivity index (χ1v) is 3.58. The normalized spacial score (nSPS) is 9.56. The van der Waals surface area contributed by atoms with E-state index in [1.807, 2.05) is 6.07 Å². The van der Waals surface area contributed by atoms with Gasteiger partial charge in [-0.2, -0.15) is 0 Å². The Kier molecular flexibility index (Phi) is 2.16. The van der Waals surface area contributed by atoms with Gasteiger partial charge in [0.05, 0.1) is 0 Å². The summed E-state index contributed by atoms with van der Waals surface area (Å²) in [6.07, 6.45) is 2.52. The van der Waals surface area contributed by atoms with E-state index in [1.54, 1.807) is 6.33 Å². The molecule has 1 heterocycles. The highest BCUT2D eigenvalue weighted by molar-refractivity contribution is 9.10. The van der Waals surface area contributed by atoms with Crippen molar-refractivity contribution < 1.29 is 0 Å². The molecule has 48 valence electrons. The number of hydrogen-bond donors (Lipinski definition) is 0. The van der Waals surface area contributed by atoms with Gasteiger partial charge in [-0.05, 0) is 28.4 Å². The maximum atomic E-state index is 4.02. The summed E-state index contributed by atoms with van der Waals surface area (Å²) < 4.78 is 0.856. The van der Waals surface area contributed by atoms with Crippen LogP contribution in [0.15, 0.2) is 17.0 Å². The summed E-state index contributed by atoms with van der Waals surface area (Å²) in [5, 5.41) is 0. The second-order valence-corrected chi connectivity index (χ2v) is 2.50. The molecule has 0 unspecified atom stereocenters. The highest BCUT2D eigenvalue weighted by Crippen LogP contribution is 2.04. The first-order chi connectivity index (χ1) is 4.33. The molecule has 0 amide bonds. The Morgan fingerprint density at radius 1 is 1.56 bits per heavy atom. The molecule has 0 bridgehead atoms. The van der Waals surface area contributed by atoms with E-state index in [9.17, 15) is 0 Å². The molecule has 0 atom stereocenters. The molecule has 0 aromatic carbocycles. The summed E-state index contributed by atoms with van der Waals surface area (Å²) in [6, 6.07) is 1.92. The minimum Gasteiger partial charge on any atom is -0.241 e. The third kappa shape index (κ3) is 1.75. The van der Waals surface area contributed by atoms with Crippen LogP contribution in [0.5, 0.6) is 0 Å². The molecule has 0 aliphatic rings. The zero-order valence-electron chi connectivity index (χ0n) is 5.13. The molecular weight excluding hydrogens is 180 g/mol. The van der Waals surface area contributed by atoms with Gasteiger partial charge in [0, 0.05) is 5.69 Å². The predicted molar refractivity (Wildman–Crippen MR) is 39.1 cm³/mol. The molecule has 0 fully saturated rings. The van der Waals surface area contributed by atoms with E-state index in [0.717, 1.165) is 16.7 Å². The van der Waals surface area contributed by atoms with Crippen molar-refractivity contribution in [1.82, 2.24) is 9.97 Å². The Labute approximate surface area is 62.5 Å². The molecular formula is C6H7BrN2. The lowest BCUT2D eigenvalue weighted by molar-refractivity contribution is 0.987. The summed E-state index contributed by atoms with van der Waals surface area (Å²) in [7, 11) is 0. The van der Waals surface area contributed by atoms with Gasteiger partial charge >= 0.3 is 0 Å². The quantitative estimate of drug-likeness (QED) is 0.626. The Morgan fingerprint density at radius 2 is 2.33 bits per heavy atom. The average molecular weight is 187 g/mol. The van der Waals surface area contributed by atoms with Gasteiger partial charge in [0.2, 0.25) is 0 Å². The fourth-order valence-corrected chi connectivity index (χ4v) is 0.919. The lowest BCUT2D eigenvalue weighted by Crippen LogP contribution is -1.86. The maximum Gasteiger partial charge on any atom is 0.116 e. The zero-order chi connectivity index (χ0) is 6.69. The molecule has 1 rings (SSSR count). The van der Waals surface area contributed by atoms with Crippen LogP contribution in [0.1, 0.15) is 12.6 Å². The fourth-order valence-electron chi connectivity index (χ4n) is 0.564. The van der Waals surface area contributed by atoms with E-state index < -0.39 is 0 Å². The largest absolute Gasteiger partial charge is 0.241 e. The molecule has 0 radical (unpaired) electrons. The topological polar surface area (TPSA) is 25.8 Å². The van der Waals surface area contributed by atoms with Crippen LogP contribution in [0, 0.1) is 0 Å². The van der Waals surface area contributed by atoms with Crippen LogP contribution in [0.3, 0.4) is 0 Å². The fraction of sp³-hybridized carbons (Fsp3) is 0.333.